The van der Waals surface area contributed by atoms with Crippen LogP contribution in [0.3, 0.4) is 0 Å². The van der Waals surface area contributed by atoms with E-state index in [2.05, 4.69) is 97.0 Å². The van der Waals surface area contributed by atoms with Crippen LogP contribution in [0.2, 0.25) is 0 Å². The number of rotatable bonds is 12. The molecular formula is C48H89N5O5. The molecule has 1 aromatic rings. The number of amides is 4. The van der Waals surface area contributed by atoms with E-state index in [0.717, 1.165) is 38.3 Å². The first-order valence-electron chi connectivity index (χ1n) is 21.5. The van der Waals surface area contributed by atoms with Gasteiger partial charge >= 0.3 is 6.03 Å². The molecule has 1 aromatic carbocycles. The Labute approximate surface area is 356 Å². The van der Waals surface area contributed by atoms with Gasteiger partial charge in [-0.3, -0.25) is 9.59 Å². The number of urea groups is 1. The molecule has 58 heavy (non-hydrogen) atoms. The molecule has 10 nitrogen and oxygen atoms in total. The second-order valence-electron chi connectivity index (χ2n) is 17.7. The molecule has 3 fully saturated rings. The Morgan fingerprint density at radius 2 is 1.48 bits per heavy atom. The molecule has 4 amide bonds. The van der Waals surface area contributed by atoms with Crippen LogP contribution in [0.5, 0.6) is 0 Å². The number of aldehydes is 2. The summed E-state index contributed by atoms with van der Waals surface area (Å²) in [6, 6.07) is 9.39. The third kappa shape index (κ3) is 20.8. The van der Waals surface area contributed by atoms with Gasteiger partial charge in [0.1, 0.15) is 18.6 Å². The lowest BCUT2D eigenvalue weighted by molar-refractivity contribution is -0.139. The molecule has 6 atom stereocenters. The SMILES string of the molecule is C.C=C(C)N.CC.CC.CC(=O)N1C[C@H]2[C@@H](C1C(=O)NC(C=O)CC1CCC1)C2(C)C.CCC(C)(C)C(CCC=O)NC(=O)NC(C)C(C)(C)C.Cc1ccccc1. The van der Waals surface area contributed by atoms with E-state index in [0.29, 0.717) is 36.9 Å². The normalized spacial score (nSPS) is 19.7. The summed E-state index contributed by atoms with van der Waals surface area (Å²) >= 11 is 0. The molecule has 0 bridgehead atoms. The van der Waals surface area contributed by atoms with Crippen LogP contribution < -0.4 is 21.7 Å². The van der Waals surface area contributed by atoms with Crippen LogP contribution in [0.4, 0.5) is 4.79 Å². The van der Waals surface area contributed by atoms with Crippen molar-refractivity contribution in [2.24, 2.45) is 39.7 Å². The summed E-state index contributed by atoms with van der Waals surface area (Å²) in [7, 11) is 0. The van der Waals surface area contributed by atoms with Crippen molar-refractivity contribution in [2.45, 2.75) is 187 Å². The highest BCUT2D eigenvalue weighted by atomic mass is 16.2. The fourth-order valence-corrected chi connectivity index (χ4v) is 6.70. The van der Waals surface area contributed by atoms with E-state index in [1.807, 2.05) is 52.8 Å². The number of benzene rings is 1. The van der Waals surface area contributed by atoms with Gasteiger partial charge in [-0.05, 0) is 79.7 Å². The van der Waals surface area contributed by atoms with Crippen molar-refractivity contribution in [1.29, 1.82) is 0 Å². The number of fused-ring (bicyclic) bond motifs is 1. The van der Waals surface area contributed by atoms with Crippen molar-refractivity contribution in [3.8, 4) is 0 Å². The van der Waals surface area contributed by atoms with Gasteiger partial charge in [0, 0.05) is 32.0 Å². The van der Waals surface area contributed by atoms with Crippen molar-refractivity contribution in [2.75, 3.05) is 6.54 Å². The lowest BCUT2D eigenvalue weighted by atomic mass is 9.80. The van der Waals surface area contributed by atoms with Crippen LogP contribution in [0.25, 0.3) is 0 Å². The average Bonchev–Trinajstić information content (AvgIpc) is 3.43. The van der Waals surface area contributed by atoms with E-state index in [4.69, 9.17) is 5.73 Å². The van der Waals surface area contributed by atoms with Gasteiger partial charge in [-0.1, -0.05) is 152 Å². The zero-order chi connectivity index (χ0) is 44.7. The van der Waals surface area contributed by atoms with Gasteiger partial charge in [0.25, 0.3) is 0 Å². The minimum Gasteiger partial charge on any atom is -0.403 e. The Morgan fingerprint density at radius 1 is 0.966 bits per heavy atom. The van der Waals surface area contributed by atoms with Crippen LogP contribution in [-0.4, -0.2) is 66.0 Å². The minimum atomic E-state index is -0.410. The molecule has 5 N–H and O–H groups in total. The van der Waals surface area contributed by atoms with Gasteiger partial charge in [0.2, 0.25) is 11.8 Å². The zero-order valence-corrected chi connectivity index (χ0v) is 39.0. The zero-order valence-electron chi connectivity index (χ0n) is 39.0. The van der Waals surface area contributed by atoms with Crippen LogP contribution in [-0.2, 0) is 19.2 Å². The third-order valence-corrected chi connectivity index (χ3v) is 11.5. The minimum absolute atomic E-state index is 0. The summed E-state index contributed by atoms with van der Waals surface area (Å²) in [5, 5.41) is 8.91. The Balaban J connectivity index is -0.000000767. The second kappa shape index (κ2) is 28.7. The van der Waals surface area contributed by atoms with Gasteiger partial charge < -0.3 is 36.2 Å². The van der Waals surface area contributed by atoms with Crippen molar-refractivity contribution in [1.82, 2.24) is 20.9 Å². The van der Waals surface area contributed by atoms with E-state index in [-0.39, 0.29) is 59.5 Å². The molecule has 2 aliphatic carbocycles. The number of hydrogen-bond acceptors (Lipinski definition) is 6. The number of hydrogen-bond donors (Lipinski definition) is 4. The number of nitrogens with zero attached hydrogens (tertiary/aromatic N) is 1. The van der Waals surface area contributed by atoms with Gasteiger partial charge in [0.15, 0.2) is 0 Å². The Hall–Kier alpha value is -3.69. The highest BCUT2D eigenvalue weighted by Crippen LogP contribution is 2.64. The summed E-state index contributed by atoms with van der Waals surface area (Å²) in [5.74, 6) is 1.00. The van der Waals surface area contributed by atoms with E-state index in [1.54, 1.807) is 11.8 Å². The van der Waals surface area contributed by atoms with E-state index in [9.17, 15) is 24.0 Å². The van der Waals surface area contributed by atoms with Crippen LogP contribution >= 0.6 is 0 Å². The second-order valence-corrected chi connectivity index (χ2v) is 17.7. The number of piperidine rings is 1. The molecule has 3 aliphatic rings. The summed E-state index contributed by atoms with van der Waals surface area (Å²) in [5.41, 5.74) is 7.03. The van der Waals surface area contributed by atoms with Gasteiger partial charge in [-0.2, -0.15) is 0 Å². The lowest BCUT2D eigenvalue weighted by Crippen LogP contribution is -2.52. The lowest BCUT2D eigenvalue weighted by Gasteiger charge is -2.35. The molecule has 0 spiro atoms. The maximum absolute atomic E-state index is 12.7. The average molecular weight is 816 g/mol. The molecule has 1 saturated heterocycles. The quantitative estimate of drug-likeness (QED) is 0.154. The molecule has 0 radical (unpaired) electrons. The molecule has 336 valence electrons. The summed E-state index contributed by atoms with van der Waals surface area (Å²) < 4.78 is 0. The van der Waals surface area contributed by atoms with Crippen LogP contribution in [0, 0.1) is 40.9 Å². The van der Waals surface area contributed by atoms with Crippen molar-refractivity contribution in [3.05, 3.63) is 48.2 Å². The van der Waals surface area contributed by atoms with E-state index in [1.165, 1.54) is 18.9 Å². The van der Waals surface area contributed by atoms with Gasteiger partial charge in [0.05, 0.1) is 6.04 Å². The number of nitrogens with one attached hydrogen (secondary N) is 3. The predicted molar refractivity (Wildman–Crippen MR) is 245 cm³/mol. The van der Waals surface area contributed by atoms with E-state index < -0.39 is 12.1 Å². The Bertz CT molecular complexity index is 1330. The first-order valence-corrected chi connectivity index (χ1v) is 21.5. The molecule has 2 saturated carbocycles. The van der Waals surface area contributed by atoms with Gasteiger partial charge in [-0.15, -0.1) is 0 Å². The van der Waals surface area contributed by atoms with E-state index >= 15 is 0 Å². The standard InChI is InChI=1S/C17H26N2O3.C16H32N2O2.C7H8.C3H7N.2C2H6.CH4/c1-10(21)19-8-13-14(17(13,2)3)15(19)16(22)18-12(9-20)7-11-5-4-6-11;1-8-16(6,7)13(10-9-11-19)18-14(20)17-12(2)15(3,4)5;1-7-5-3-2-4-6-7;1-3(2)4;2*1-2;/h9,11-15H,4-8H2,1-3H3,(H,18,22);11-13H,8-10H2,1-7H3,(H2,17,18,20);2-6H,1H3;1,4H2,2H3;2*1-2H3;1H4/t12?,13-,14-,15?;;;;;;/m0....../s1. The first kappa shape index (κ1) is 58.6. The number of carbonyl (C=O) groups excluding carboxylic acids is 5. The number of carbonyl (C=O) groups is 5. The number of likely N-dealkylation sites (tertiary alicyclic amines) is 1. The maximum Gasteiger partial charge on any atom is 0.315 e. The summed E-state index contributed by atoms with van der Waals surface area (Å²) in [4.78, 5) is 60.2. The number of nitrogens with two attached hydrogens (primary N) is 1. The Morgan fingerprint density at radius 3 is 1.84 bits per heavy atom. The fourth-order valence-electron chi connectivity index (χ4n) is 6.70. The van der Waals surface area contributed by atoms with Crippen molar-refractivity contribution < 1.29 is 24.0 Å². The smallest absolute Gasteiger partial charge is 0.315 e. The van der Waals surface area contributed by atoms with Crippen molar-refractivity contribution in [3.63, 3.8) is 0 Å². The van der Waals surface area contributed by atoms with Crippen molar-refractivity contribution >= 4 is 30.4 Å². The molecular weight excluding hydrogens is 727 g/mol. The molecule has 1 heterocycles. The first-order chi connectivity index (χ1) is 26.5. The number of aryl methyl sites for hydroxylation is 1. The predicted octanol–water partition coefficient (Wildman–Crippen LogP) is 10.0. The summed E-state index contributed by atoms with van der Waals surface area (Å²) in [6.45, 7) is 36.3. The highest BCUT2D eigenvalue weighted by molar-refractivity contribution is 5.90. The highest BCUT2D eigenvalue weighted by Gasteiger charge is 2.69. The maximum atomic E-state index is 12.7. The molecule has 0 aromatic heterocycles. The Kier molecular flexibility index (Phi) is 29.0. The monoisotopic (exact) mass is 816 g/mol. The molecule has 4 rings (SSSR count). The molecule has 1 aliphatic heterocycles. The summed E-state index contributed by atoms with van der Waals surface area (Å²) in [6.07, 6.45) is 8.13. The number of allylic oxidation sites excluding steroid dienone is 1. The fraction of sp³-hybridized carbons (Fsp3) is 0.729. The van der Waals surface area contributed by atoms with Crippen LogP contribution in [0.15, 0.2) is 42.6 Å². The molecule has 10 heteroatoms. The topological polar surface area (TPSA) is 151 Å². The van der Waals surface area contributed by atoms with Crippen LogP contribution in [0.1, 0.15) is 162 Å². The molecule has 4 unspecified atom stereocenters. The third-order valence-electron chi connectivity index (χ3n) is 11.5. The van der Waals surface area contributed by atoms with Gasteiger partial charge in [-0.25, -0.2) is 4.79 Å². The largest absolute Gasteiger partial charge is 0.403 e.